The van der Waals surface area contributed by atoms with Crippen LogP contribution in [0, 0.1) is 0 Å². The predicted molar refractivity (Wildman–Crippen MR) is 60.3 cm³/mol. The first-order valence-electron chi connectivity index (χ1n) is 4.83. The number of amides is 2. The van der Waals surface area contributed by atoms with E-state index in [4.69, 9.17) is 4.74 Å². The quantitative estimate of drug-likeness (QED) is 0.800. The fraction of sp³-hybridized carbons (Fsp3) is 0.364. The lowest BCUT2D eigenvalue weighted by Gasteiger charge is -2.10. The Morgan fingerprint density at radius 2 is 2.13 bits per heavy atom. The van der Waals surface area contributed by atoms with E-state index >= 15 is 0 Å². The van der Waals surface area contributed by atoms with Gasteiger partial charge in [-0.2, -0.15) is 0 Å². The average Bonchev–Trinajstić information content (AvgIpc) is 2.16. The van der Waals surface area contributed by atoms with Crippen molar-refractivity contribution in [1.29, 1.82) is 0 Å². The molecule has 0 aliphatic carbocycles. The summed E-state index contributed by atoms with van der Waals surface area (Å²) in [5, 5.41) is 5.46. The lowest BCUT2D eigenvalue weighted by Crippen LogP contribution is -2.34. The van der Waals surface area contributed by atoms with Crippen molar-refractivity contribution in [2.75, 3.05) is 12.4 Å². The smallest absolute Gasteiger partial charge is 0.319 e. The van der Waals surface area contributed by atoms with Gasteiger partial charge in [-0.25, -0.2) is 4.79 Å². The van der Waals surface area contributed by atoms with Crippen LogP contribution in [-0.2, 0) is 0 Å². The molecule has 0 heterocycles. The minimum atomic E-state index is -0.210. The highest BCUT2D eigenvalue weighted by molar-refractivity contribution is 5.89. The summed E-state index contributed by atoms with van der Waals surface area (Å²) in [5.74, 6) is 0.720. The van der Waals surface area contributed by atoms with Crippen molar-refractivity contribution in [3.05, 3.63) is 24.3 Å². The lowest BCUT2D eigenvalue weighted by molar-refractivity contribution is 0.250. The third kappa shape index (κ3) is 3.89. The fourth-order valence-electron chi connectivity index (χ4n) is 1.13. The molecule has 0 fully saturated rings. The minimum absolute atomic E-state index is 0.121. The van der Waals surface area contributed by atoms with Crippen molar-refractivity contribution >= 4 is 11.7 Å². The van der Waals surface area contributed by atoms with Gasteiger partial charge >= 0.3 is 6.03 Å². The van der Waals surface area contributed by atoms with E-state index in [2.05, 4.69) is 10.6 Å². The van der Waals surface area contributed by atoms with Crippen LogP contribution in [-0.4, -0.2) is 19.2 Å². The van der Waals surface area contributed by atoms with Crippen LogP contribution < -0.4 is 15.4 Å². The Morgan fingerprint density at radius 3 is 2.73 bits per heavy atom. The normalized spacial score (nSPS) is 9.87. The first-order valence-corrected chi connectivity index (χ1v) is 4.83. The summed E-state index contributed by atoms with van der Waals surface area (Å²) in [6.07, 6.45) is 0. The Bertz CT molecular complexity index is 337. The molecule has 4 nitrogen and oxygen atoms in total. The van der Waals surface area contributed by atoms with E-state index in [-0.39, 0.29) is 12.1 Å². The fourth-order valence-corrected chi connectivity index (χ4v) is 1.13. The van der Waals surface area contributed by atoms with Crippen molar-refractivity contribution in [3.63, 3.8) is 0 Å². The summed E-state index contributed by atoms with van der Waals surface area (Å²) < 4.78 is 5.05. The Balaban J connectivity index is 2.60. The second-order valence-corrected chi connectivity index (χ2v) is 3.49. The molecule has 1 aromatic rings. The summed E-state index contributed by atoms with van der Waals surface area (Å²) >= 11 is 0. The molecule has 0 saturated carbocycles. The first kappa shape index (κ1) is 11.4. The van der Waals surface area contributed by atoms with Gasteiger partial charge in [-0.05, 0) is 26.0 Å². The van der Waals surface area contributed by atoms with Crippen LogP contribution in [0.5, 0.6) is 5.75 Å². The van der Waals surface area contributed by atoms with Crippen molar-refractivity contribution in [1.82, 2.24) is 5.32 Å². The van der Waals surface area contributed by atoms with Crippen LogP contribution in [0.15, 0.2) is 24.3 Å². The second-order valence-electron chi connectivity index (χ2n) is 3.49. The summed E-state index contributed by atoms with van der Waals surface area (Å²) in [6, 6.07) is 7.13. The monoisotopic (exact) mass is 208 g/mol. The number of carbonyl (C=O) groups excluding carboxylic acids is 1. The van der Waals surface area contributed by atoms with Gasteiger partial charge in [0.2, 0.25) is 0 Å². The maximum atomic E-state index is 11.4. The van der Waals surface area contributed by atoms with Crippen molar-refractivity contribution in [2.45, 2.75) is 19.9 Å². The summed E-state index contributed by atoms with van der Waals surface area (Å²) in [5.41, 5.74) is 0.715. The van der Waals surface area contributed by atoms with Crippen LogP contribution >= 0.6 is 0 Å². The van der Waals surface area contributed by atoms with Gasteiger partial charge in [0.25, 0.3) is 0 Å². The van der Waals surface area contributed by atoms with Crippen molar-refractivity contribution in [3.8, 4) is 5.75 Å². The molecule has 0 bridgehead atoms. The van der Waals surface area contributed by atoms with E-state index in [0.29, 0.717) is 5.69 Å². The molecule has 0 radical (unpaired) electrons. The standard InChI is InChI=1S/C11H16N2O2/c1-8(2)12-11(14)13-9-5-4-6-10(7-9)15-3/h4-8H,1-3H3,(H2,12,13,14). The third-order valence-corrected chi connectivity index (χ3v) is 1.75. The Morgan fingerprint density at radius 1 is 1.40 bits per heavy atom. The molecule has 0 spiro atoms. The molecule has 2 amide bonds. The molecule has 0 unspecified atom stereocenters. The van der Waals surface area contributed by atoms with Gasteiger partial charge < -0.3 is 15.4 Å². The molecule has 0 aliphatic rings. The number of ether oxygens (including phenoxy) is 1. The molecule has 0 aromatic heterocycles. The van der Waals surface area contributed by atoms with E-state index < -0.39 is 0 Å². The number of methoxy groups -OCH3 is 1. The molecular weight excluding hydrogens is 192 g/mol. The Hall–Kier alpha value is -1.71. The number of anilines is 1. The number of rotatable bonds is 3. The number of nitrogens with one attached hydrogen (secondary N) is 2. The highest BCUT2D eigenvalue weighted by Crippen LogP contribution is 2.16. The highest BCUT2D eigenvalue weighted by Gasteiger charge is 2.03. The van der Waals surface area contributed by atoms with Crippen LogP contribution in [0.4, 0.5) is 10.5 Å². The van der Waals surface area contributed by atoms with Gasteiger partial charge in [0.15, 0.2) is 0 Å². The zero-order valence-electron chi connectivity index (χ0n) is 9.20. The molecule has 0 aliphatic heterocycles. The number of hydrogen-bond acceptors (Lipinski definition) is 2. The van der Waals surface area contributed by atoms with Crippen LogP contribution in [0.25, 0.3) is 0 Å². The topological polar surface area (TPSA) is 50.4 Å². The van der Waals surface area contributed by atoms with Crippen LogP contribution in [0.3, 0.4) is 0 Å². The van der Waals surface area contributed by atoms with E-state index in [0.717, 1.165) is 5.75 Å². The lowest BCUT2D eigenvalue weighted by atomic mass is 10.3. The zero-order valence-corrected chi connectivity index (χ0v) is 9.20. The van der Waals surface area contributed by atoms with Gasteiger partial charge in [0, 0.05) is 17.8 Å². The van der Waals surface area contributed by atoms with Crippen LogP contribution in [0.2, 0.25) is 0 Å². The van der Waals surface area contributed by atoms with Gasteiger partial charge in [-0.3, -0.25) is 0 Å². The second kappa shape index (κ2) is 5.24. The van der Waals surface area contributed by atoms with Crippen molar-refractivity contribution in [2.24, 2.45) is 0 Å². The molecule has 0 atom stereocenters. The number of hydrogen-bond donors (Lipinski definition) is 2. The first-order chi connectivity index (χ1) is 7.11. The van der Waals surface area contributed by atoms with Gasteiger partial charge in [0.05, 0.1) is 7.11 Å². The van der Waals surface area contributed by atoms with Crippen molar-refractivity contribution < 1.29 is 9.53 Å². The number of carbonyl (C=O) groups is 1. The maximum absolute atomic E-state index is 11.4. The number of urea groups is 1. The SMILES string of the molecule is COc1cccc(NC(=O)NC(C)C)c1. The summed E-state index contributed by atoms with van der Waals surface area (Å²) in [7, 11) is 1.59. The molecule has 0 saturated heterocycles. The summed E-state index contributed by atoms with van der Waals surface area (Å²) in [6.45, 7) is 3.82. The Kier molecular flexibility index (Phi) is 3.97. The Labute approximate surface area is 89.6 Å². The van der Waals surface area contributed by atoms with Gasteiger partial charge in [-0.15, -0.1) is 0 Å². The van der Waals surface area contributed by atoms with E-state index in [1.54, 1.807) is 13.2 Å². The van der Waals surface area contributed by atoms with Gasteiger partial charge in [-0.1, -0.05) is 6.07 Å². The molecule has 82 valence electrons. The molecular formula is C11H16N2O2. The van der Waals surface area contributed by atoms with Gasteiger partial charge in [0.1, 0.15) is 5.75 Å². The third-order valence-electron chi connectivity index (χ3n) is 1.75. The molecule has 1 aromatic carbocycles. The maximum Gasteiger partial charge on any atom is 0.319 e. The summed E-state index contributed by atoms with van der Waals surface area (Å²) in [4.78, 5) is 11.4. The van der Waals surface area contributed by atoms with E-state index in [9.17, 15) is 4.79 Å². The number of benzene rings is 1. The average molecular weight is 208 g/mol. The largest absolute Gasteiger partial charge is 0.497 e. The molecule has 15 heavy (non-hydrogen) atoms. The van der Waals surface area contributed by atoms with E-state index in [1.165, 1.54) is 0 Å². The predicted octanol–water partition coefficient (Wildman–Crippen LogP) is 2.23. The van der Waals surface area contributed by atoms with E-state index in [1.807, 2.05) is 32.0 Å². The highest BCUT2D eigenvalue weighted by atomic mass is 16.5. The molecule has 1 rings (SSSR count). The molecule has 2 N–H and O–H groups in total. The zero-order chi connectivity index (χ0) is 11.3. The molecule has 4 heteroatoms. The van der Waals surface area contributed by atoms with Crippen LogP contribution in [0.1, 0.15) is 13.8 Å². The minimum Gasteiger partial charge on any atom is -0.497 e.